The first-order valence-electron chi connectivity index (χ1n) is 6.26. The number of nitrogens with zero attached hydrogens (tertiary/aromatic N) is 1. The van der Waals surface area contributed by atoms with E-state index in [9.17, 15) is 13.5 Å². The highest BCUT2D eigenvalue weighted by molar-refractivity contribution is 7.89. The van der Waals surface area contributed by atoms with Crippen LogP contribution in [0.5, 0.6) is 0 Å². The van der Waals surface area contributed by atoms with Crippen LogP contribution in [0.4, 0.5) is 0 Å². The summed E-state index contributed by atoms with van der Waals surface area (Å²) in [4.78, 5) is -0.0955. The molecule has 0 aliphatic rings. The molecule has 1 atom stereocenters. The number of aliphatic hydroxyl groups is 1. The predicted molar refractivity (Wildman–Crippen MR) is 77.7 cm³/mol. The molecule has 0 heterocycles. The zero-order chi connectivity index (χ0) is 15.3. The van der Waals surface area contributed by atoms with E-state index in [1.54, 1.807) is 42.5 Å². The van der Waals surface area contributed by atoms with Gasteiger partial charge in [-0.1, -0.05) is 42.5 Å². The number of hydrogen-bond donors (Lipinski definition) is 2. The molecule has 108 valence electrons. The van der Waals surface area contributed by atoms with E-state index in [1.165, 1.54) is 12.1 Å². The van der Waals surface area contributed by atoms with Gasteiger partial charge in [-0.15, -0.1) is 0 Å². The standard InChI is InChI=1S/C15H14N2O3S/c16-10-13-8-4-5-9-15(13)21(19,20)17-14(11-18)12-6-2-1-3-7-12/h1-9,14,17-18H,11H2. The van der Waals surface area contributed by atoms with Gasteiger partial charge in [0.1, 0.15) is 6.07 Å². The van der Waals surface area contributed by atoms with E-state index in [4.69, 9.17) is 5.26 Å². The topological polar surface area (TPSA) is 90.2 Å². The average molecular weight is 302 g/mol. The fraction of sp³-hybridized carbons (Fsp3) is 0.133. The van der Waals surface area contributed by atoms with Crippen molar-refractivity contribution in [3.05, 3.63) is 65.7 Å². The van der Waals surface area contributed by atoms with Crippen molar-refractivity contribution in [2.75, 3.05) is 6.61 Å². The van der Waals surface area contributed by atoms with Crippen molar-refractivity contribution in [1.29, 1.82) is 5.26 Å². The normalized spacial score (nSPS) is 12.6. The van der Waals surface area contributed by atoms with Crippen LogP contribution in [0.25, 0.3) is 0 Å². The van der Waals surface area contributed by atoms with Crippen LogP contribution in [0.1, 0.15) is 17.2 Å². The van der Waals surface area contributed by atoms with Gasteiger partial charge in [-0.3, -0.25) is 0 Å². The molecule has 2 rings (SSSR count). The number of rotatable bonds is 5. The van der Waals surface area contributed by atoms with E-state index >= 15 is 0 Å². The quantitative estimate of drug-likeness (QED) is 0.877. The van der Waals surface area contributed by atoms with Crippen LogP contribution in [0.3, 0.4) is 0 Å². The van der Waals surface area contributed by atoms with Crippen molar-refractivity contribution in [3.8, 4) is 6.07 Å². The Hall–Kier alpha value is -2.20. The molecule has 21 heavy (non-hydrogen) atoms. The fourth-order valence-electron chi connectivity index (χ4n) is 1.94. The SMILES string of the molecule is N#Cc1ccccc1S(=O)(=O)NC(CO)c1ccccc1. The Balaban J connectivity index is 2.35. The van der Waals surface area contributed by atoms with Gasteiger partial charge in [-0.25, -0.2) is 13.1 Å². The first-order chi connectivity index (χ1) is 10.1. The first-order valence-corrected chi connectivity index (χ1v) is 7.74. The van der Waals surface area contributed by atoms with Crippen LogP contribution in [0.2, 0.25) is 0 Å². The number of nitriles is 1. The molecule has 0 saturated heterocycles. The van der Waals surface area contributed by atoms with Gasteiger partial charge < -0.3 is 5.11 Å². The molecule has 2 aromatic carbocycles. The smallest absolute Gasteiger partial charge is 0.242 e. The summed E-state index contributed by atoms with van der Waals surface area (Å²) in [6.07, 6.45) is 0. The molecule has 0 aliphatic heterocycles. The first kappa shape index (κ1) is 15.2. The summed E-state index contributed by atoms with van der Waals surface area (Å²) in [5.41, 5.74) is 0.716. The molecule has 0 spiro atoms. The van der Waals surface area contributed by atoms with Gasteiger partial charge in [-0.2, -0.15) is 5.26 Å². The minimum absolute atomic E-state index is 0.0646. The number of sulfonamides is 1. The Labute approximate surface area is 123 Å². The maximum atomic E-state index is 12.4. The van der Waals surface area contributed by atoms with Gasteiger partial charge >= 0.3 is 0 Å². The molecule has 6 heteroatoms. The van der Waals surface area contributed by atoms with Gasteiger partial charge in [0.05, 0.1) is 23.1 Å². The van der Waals surface area contributed by atoms with Gasteiger partial charge in [0.2, 0.25) is 10.0 Å². The van der Waals surface area contributed by atoms with Crippen LogP contribution < -0.4 is 4.72 Å². The van der Waals surface area contributed by atoms with Crippen LogP contribution in [-0.4, -0.2) is 20.1 Å². The van der Waals surface area contributed by atoms with Gasteiger partial charge in [0, 0.05) is 0 Å². The lowest BCUT2D eigenvalue weighted by molar-refractivity contribution is 0.259. The fourth-order valence-corrected chi connectivity index (χ4v) is 3.31. The molecule has 2 N–H and O–H groups in total. The summed E-state index contributed by atoms with van der Waals surface area (Å²) in [6.45, 7) is -0.377. The van der Waals surface area contributed by atoms with Crippen molar-refractivity contribution in [2.24, 2.45) is 0 Å². The molecular formula is C15H14N2O3S. The van der Waals surface area contributed by atoms with Crippen molar-refractivity contribution < 1.29 is 13.5 Å². The van der Waals surface area contributed by atoms with Crippen molar-refractivity contribution in [1.82, 2.24) is 4.72 Å². The van der Waals surface area contributed by atoms with Crippen LogP contribution >= 0.6 is 0 Å². The summed E-state index contributed by atoms with van der Waals surface area (Å²) in [5.74, 6) is 0. The largest absolute Gasteiger partial charge is 0.394 e. The highest BCUT2D eigenvalue weighted by Gasteiger charge is 2.23. The van der Waals surface area contributed by atoms with Gasteiger partial charge in [0.15, 0.2) is 0 Å². The number of aliphatic hydroxyl groups excluding tert-OH is 1. The van der Waals surface area contributed by atoms with Crippen molar-refractivity contribution in [3.63, 3.8) is 0 Å². The number of nitrogens with one attached hydrogen (secondary N) is 1. The maximum Gasteiger partial charge on any atom is 0.242 e. The Bertz CT molecular complexity index is 752. The monoisotopic (exact) mass is 302 g/mol. The van der Waals surface area contributed by atoms with Crippen molar-refractivity contribution >= 4 is 10.0 Å². The van der Waals surface area contributed by atoms with E-state index in [1.807, 2.05) is 6.07 Å². The summed E-state index contributed by atoms with van der Waals surface area (Å²) in [7, 11) is -3.90. The zero-order valence-corrected chi connectivity index (χ0v) is 11.9. The van der Waals surface area contributed by atoms with Gasteiger partial charge in [-0.05, 0) is 17.7 Å². The van der Waals surface area contributed by atoms with Crippen molar-refractivity contribution in [2.45, 2.75) is 10.9 Å². The van der Waals surface area contributed by atoms with Crippen LogP contribution in [0.15, 0.2) is 59.5 Å². The lowest BCUT2D eigenvalue weighted by atomic mass is 10.1. The van der Waals surface area contributed by atoms with Gasteiger partial charge in [0.25, 0.3) is 0 Å². The number of hydrogen-bond acceptors (Lipinski definition) is 4. The third-order valence-corrected chi connectivity index (χ3v) is 4.51. The maximum absolute atomic E-state index is 12.4. The summed E-state index contributed by atoms with van der Waals surface area (Å²) in [5, 5.41) is 18.4. The molecule has 0 saturated carbocycles. The van der Waals surface area contributed by atoms with Crippen LogP contribution in [0, 0.1) is 11.3 Å². The molecule has 0 fully saturated rings. The molecular weight excluding hydrogens is 288 g/mol. The van der Waals surface area contributed by atoms with E-state index in [-0.39, 0.29) is 17.1 Å². The highest BCUT2D eigenvalue weighted by Crippen LogP contribution is 2.19. The molecule has 0 radical (unpaired) electrons. The number of benzene rings is 2. The Morgan fingerprint density at radius 1 is 1.10 bits per heavy atom. The highest BCUT2D eigenvalue weighted by atomic mass is 32.2. The molecule has 5 nitrogen and oxygen atoms in total. The second kappa shape index (κ2) is 6.50. The lowest BCUT2D eigenvalue weighted by Crippen LogP contribution is -2.31. The zero-order valence-electron chi connectivity index (χ0n) is 11.1. The lowest BCUT2D eigenvalue weighted by Gasteiger charge is -2.17. The van der Waals surface area contributed by atoms with E-state index in [2.05, 4.69) is 4.72 Å². The third-order valence-electron chi connectivity index (χ3n) is 2.98. The summed E-state index contributed by atoms with van der Waals surface area (Å²) in [6, 6.07) is 15.8. The minimum Gasteiger partial charge on any atom is -0.394 e. The second-order valence-electron chi connectivity index (χ2n) is 4.38. The van der Waals surface area contributed by atoms with Crippen LogP contribution in [-0.2, 0) is 10.0 Å². The van der Waals surface area contributed by atoms with E-state index in [0.29, 0.717) is 5.56 Å². The Morgan fingerprint density at radius 3 is 2.33 bits per heavy atom. The molecule has 2 aromatic rings. The summed E-state index contributed by atoms with van der Waals surface area (Å²) >= 11 is 0. The summed E-state index contributed by atoms with van der Waals surface area (Å²) < 4.78 is 27.2. The third kappa shape index (κ3) is 3.47. The predicted octanol–water partition coefficient (Wildman–Crippen LogP) is 1.57. The molecule has 0 amide bonds. The Kier molecular flexibility index (Phi) is 4.70. The average Bonchev–Trinajstić information content (AvgIpc) is 2.53. The minimum atomic E-state index is -3.90. The molecule has 0 bridgehead atoms. The molecule has 1 unspecified atom stereocenters. The molecule has 0 aromatic heterocycles. The Morgan fingerprint density at radius 2 is 1.71 bits per heavy atom. The second-order valence-corrected chi connectivity index (χ2v) is 6.06. The van der Waals surface area contributed by atoms with E-state index < -0.39 is 16.1 Å². The van der Waals surface area contributed by atoms with E-state index in [0.717, 1.165) is 0 Å². The molecule has 0 aliphatic carbocycles.